The zero-order chi connectivity index (χ0) is 9.26. The number of nitrogens with two attached hydrogens (primary N) is 1. The van der Waals surface area contributed by atoms with Crippen molar-refractivity contribution in [2.24, 2.45) is 5.90 Å². The fourth-order valence-corrected chi connectivity index (χ4v) is 1.51. The van der Waals surface area contributed by atoms with Crippen molar-refractivity contribution in [2.45, 2.75) is 13.5 Å². The van der Waals surface area contributed by atoms with Gasteiger partial charge in [0.1, 0.15) is 0 Å². The lowest BCUT2D eigenvalue weighted by Gasteiger charge is -1.96. The lowest BCUT2D eigenvalue weighted by Crippen LogP contribution is -1.97. The molecule has 0 amide bonds. The third-order valence-corrected chi connectivity index (χ3v) is 2.16. The highest BCUT2D eigenvalue weighted by atomic mass is 16.6. The molecule has 0 atom stereocenters. The third kappa shape index (κ3) is 1.43. The van der Waals surface area contributed by atoms with Crippen LogP contribution in [-0.4, -0.2) is 4.98 Å². The standard InChI is InChI=1S/C10H12N2O/c1-7-2-3-9-8(6-13-11)5-12-10(9)4-7/h2-5,12H,6,11H2,1H3. The summed E-state index contributed by atoms with van der Waals surface area (Å²) >= 11 is 0. The molecule has 3 heteroatoms. The molecule has 0 saturated carbocycles. The van der Waals surface area contributed by atoms with E-state index in [2.05, 4.69) is 34.9 Å². The van der Waals surface area contributed by atoms with Crippen LogP contribution >= 0.6 is 0 Å². The number of aromatic amines is 1. The van der Waals surface area contributed by atoms with Gasteiger partial charge in [0.15, 0.2) is 0 Å². The Kier molecular flexibility index (Phi) is 2.04. The first-order valence-corrected chi connectivity index (χ1v) is 4.19. The monoisotopic (exact) mass is 176 g/mol. The van der Waals surface area contributed by atoms with E-state index in [4.69, 9.17) is 5.90 Å². The summed E-state index contributed by atoms with van der Waals surface area (Å²) in [6.07, 6.45) is 1.93. The number of aromatic nitrogens is 1. The van der Waals surface area contributed by atoms with Crippen molar-refractivity contribution >= 4 is 10.9 Å². The van der Waals surface area contributed by atoms with Crippen molar-refractivity contribution in [1.82, 2.24) is 4.98 Å². The Hall–Kier alpha value is -1.32. The highest BCUT2D eigenvalue weighted by molar-refractivity contribution is 5.83. The summed E-state index contributed by atoms with van der Waals surface area (Å²) in [5.74, 6) is 5.03. The maximum atomic E-state index is 5.03. The smallest absolute Gasteiger partial charge is 0.0950 e. The highest BCUT2D eigenvalue weighted by Gasteiger charge is 2.02. The summed E-state index contributed by atoms with van der Waals surface area (Å²) in [4.78, 5) is 7.78. The van der Waals surface area contributed by atoms with Crippen molar-refractivity contribution in [1.29, 1.82) is 0 Å². The van der Waals surface area contributed by atoms with Gasteiger partial charge in [0.25, 0.3) is 0 Å². The van der Waals surface area contributed by atoms with E-state index in [-0.39, 0.29) is 0 Å². The van der Waals surface area contributed by atoms with Crippen molar-refractivity contribution < 1.29 is 4.84 Å². The van der Waals surface area contributed by atoms with Gasteiger partial charge >= 0.3 is 0 Å². The molecule has 2 rings (SSSR count). The maximum absolute atomic E-state index is 5.03. The lowest BCUT2D eigenvalue weighted by molar-refractivity contribution is 0.125. The van der Waals surface area contributed by atoms with Gasteiger partial charge in [-0.05, 0) is 18.6 Å². The number of hydrogen-bond acceptors (Lipinski definition) is 2. The van der Waals surface area contributed by atoms with Crippen LogP contribution in [0.3, 0.4) is 0 Å². The molecule has 68 valence electrons. The van der Waals surface area contributed by atoms with Crippen LogP contribution in [-0.2, 0) is 11.4 Å². The number of benzene rings is 1. The van der Waals surface area contributed by atoms with Gasteiger partial charge in [-0.3, -0.25) is 4.84 Å². The lowest BCUT2D eigenvalue weighted by atomic mass is 10.1. The highest BCUT2D eigenvalue weighted by Crippen LogP contribution is 2.19. The van der Waals surface area contributed by atoms with E-state index in [0.717, 1.165) is 11.1 Å². The summed E-state index contributed by atoms with van der Waals surface area (Å²) in [5, 5.41) is 1.18. The van der Waals surface area contributed by atoms with Crippen molar-refractivity contribution in [3.63, 3.8) is 0 Å². The summed E-state index contributed by atoms with van der Waals surface area (Å²) in [5.41, 5.74) is 3.47. The Balaban J connectivity index is 2.55. The Morgan fingerprint density at radius 1 is 1.46 bits per heavy atom. The third-order valence-electron chi connectivity index (χ3n) is 2.16. The number of fused-ring (bicyclic) bond motifs is 1. The van der Waals surface area contributed by atoms with Crippen LogP contribution < -0.4 is 5.90 Å². The fourth-order valence-electron chi connectivity index (χ4n) is 1.51. The first-order chi connectivity index (χ1) is 6.31. The van der Waals surface area contributed by atoms with E-state index in [1.54, 1.807) is 0 Å². The topological polar surface area (TPSA) is 51.0 Å². The normalized spacial score (nSPS) is 10.9. The zero-order valence-electron chi connectivity index (χ0n) is 7.50. The molecule has 3 N–H and O–H groups in total. The summed E-state index contributed by atoms with van der Waals surface area (Å²) in [7, 11) is 0. The van der Waals surface area contributed by atoms with Crippen LogP contribution in [0.5, 0.6) is 0 Å². The van der Waals surface area contributed by atoms with Gasteiger partial charge < -0.3 is 4.98 Å². The molecule has 1 heterocycles. The number of rotatable bonds is 2. The van der Waals surface area contributed by atoms with E-state index in [0.29, 0.717) is 6.61 Å². The van der Waals surface area contributed by atoms with Gasteiger partial charge in [-0.15, -0.1) is 0 Å². The second-order valence-corrected chi connectivity index (χ2v) is 3.17. The number of H-pyrrole nitrogens is 1. The Morgan fingerprint density at radius 3 is 3.08 bits per heavy atom. The molecule has 1 aromatic heterocycles. The molecule has 0 aliphatic heterocycles. The van der Waals surface area contributed by atoms with Gasteiger partial charge in [0.2, 0.25) is 0 Å². The van der Waals surface area contributed by atoms with Gasteiger partial charge in [0, 0.05) is 22.7 Å². The van der Waals surface area contributed by atoms with Crippen LogP contribution in [0.1, 0.15) is 11.1 Å². The number of hydrogen-bond donors (Lipinski definition) is 2. The van der Waals surface area contributed by atoms with Gasteiger partial charge in [0.05, 0.1) is 6.61 Å². The first-order valence-electron chi connectivity index (χ1n) is 4.19. The maximum Gasteiger partial charge on any atom is 0.0950 e. The van der Waals surface area contributed by atoms with Crippen LogP contribution in [0.4, 0.5) is 0 Å². The van der Waals surface area contributed by atoms with E-state index in [9.17, 15) is 0 Å². The van der Waals surface area contributed by atoms with E-state index < -0.39 is 0 Å². The fraction of sp³-hybridized carbons (Fsp3) is 0.200. The summed E-state index contributed by atoms with van der Waals surface area (Å²) in [6.45, 7) is 2.52. The van der Waals surface area contributed by atoms with Crippen molar-refractivity contribution in [2.75, 3.05) is 0 Å². The minimum Gasteiger partial charge on any atom is -0.361 e. The minimum absolute atomic E-state index is 0.447. The minimum atomic E-state index is 0.447. The first kappa shape index (κ1) is 8.29. The van der Waals surface area contributed by atoms with Crippen LogP contribution in [0.25, 0.3) is 10.9 Å². The molecule has 0 unspecified atom stereocenters. The molecule has 0 aliphatic carbocycles. The average Bonchev–Trinajstić information content (AvgIpc) is 2.49. The summed E-state index contributed by atoms with van der Waals surface area (Å²) in [6, 6.07) is 6.26. The van der Waals surface area contributed by atoms with Gasteiger partial charge in [-0.25, -0.2) is 5.90 Å². The molecule has 0 radical (unpaired) electrons. The van der Waals surface area contributed by atoms with Crippen LogP contribution in [0.2, 0.25) is 0 Å². The number of nitrogens with one attached hydrogen (secondary N) is 1. The Bertz CT molecular complexity index is 420. The molecular formula is C10H12N2O. The van der Waals surface area contributed by atoms with E-state index >= 15 is 0 Å². The molecule has 2 aromatic rings. The van der Waals surface area contributed by atoms with Crippen LogP contribution in [0.15, 0.2) is 24.4 Å². The molecule has 1 aromatic carbocycles. The van der Waals surface area contributed by atoms with Crippen LogP contribution in [0, 0.1) is 6.92 Å². The second-order valence-electron chi connectivity index (χ2n) is 3.17. The average molecular weight is 176 g/mol. The largest absolute Gasteiger partial charge is 0.361 e. The predicted octanol–water partition coefficient (Wildman–Crippen LogP) is 1.87. The molecule has 3 nitrogen and oxygen atoms in total. The van der Waals surface area contributed by atoms with E-state index in [1.165, 1.54) is 10.9 Å². The second kappa shape index (κ2) is 3.20. The predicted molar refractivity (Wildman–Crippen MR) is 52.0 cm³/mol. The van der Waals surface area contributed by atoms with Gasteiger partial charge in [-0.1, -0.05) is 12.1 Å². The molecule has 0 aliphatic rings. The molecular weight excluding hydrogens is 164 g/mol. The summed E-state index contributed by atoms with van der Waals surface area (Å²) < 4.78 is 0. The molecule has 0 saturated heterocycles. The van der Waals surface area contributed by atoms with Crippen molar-refractivity contribution in [3.8, 4) is 0 Å². The zero-order valence-corrected chi connectivity index (χ0v) is 7.50. The van der Waals surface area contributed by atoms with Crippen molar-refractivity contribution in [3.05, 3.63) is 35.5 Å². The van der Waals surface area contributed by atoms with E-state index in [1.807, 2.05) is 6.20 Å². The Labute approximate surface area is 76.5 Å². The Morgan fingerprint density at radius 2 is 2.31 bits per heavy atom. The molecule has 0 bridgehead atoms. The molecule has 0 fully saturated rings. The van der Waals surface area contributed by atoms with Gasteiger partial charge in [-0.2, -0.15) is 0 Å². The quantitative estimate of drug-likeness (QED) is 0.686. The molecule has 0 spiro atoms. The number of aryl methyl sites for hydroxylation is 1. The molecule has 13 heavy (non-hydrogen) atoms. The SMILES string of the molecule is Cc1ccc2c(CON)c[nH]c2c1.